The number of rotatable bonds is 5. The number of carbonyl (C=O) groups is 2. The van der Waals surface area contributed by atoms with E-state index in [0.717, 1.165) is 69.4 Å². The van der Waals surface area contributed by atoms with Crippen LogP contribution in [0.25, 0.3) is 11.0 Å². The second kappa shape index (κ2) is 8.73. The molecule has 3 aliphatic heterocycles. The number of piperidine rings is 1. The van der Waals surface area contributed by atoms with E-state index in [1.807, 2.05) is 45.7 Å². The summed E-state index contributed by atoms with van der Waals surface area (Å²) >= 11 is 0. The van der Waals surface area contributed by atoms with Gasteiger partial charge in [-0.15, -0.1) is 0 Å². The molecular weight excluding hydrogens is 406 g/mol. The van der Waals surface area contributed by atoms with Crippen molar-refractivity contribution < 1.29 is 9.59 Å². The normalized spacial score (nSPS) is 23.0. The minimum atomic E-state index is 0.0683. The number of para-hydroxylation sites is 2. The van der Waals surface area contributed by atoms with Gasteiger partial charge >= 0.3 is 5.69 Å². The van der Waals surface area contributed by atoms with Gasteiger partial charge in [0.2, 0.25) is 11.8 Å². The Bertz CT molecular complexity index is 1070. The number of fused-ring (bicyclic) bond motifs is 1. The van der Waals surface area contributed by atoms with E-state index in [-0.39, 0.29) is 23.5 Å². The zero-order valence-corrected chi connectivity index (χ0v) is 18.9. The first kappa shape index (κ1) is 21.2. The van der Waals surface area contributed by atoms with E-state index in [4.69, 9.17) is 0 Å². The van der Waals surface area contributed by atoms with E-state index in [2.05, 4.69) is 4.90 Å². The lowest BCUT2D eigenvalue weighted by molar-refractivity contribution is -0.132. The molecule has 3 aliphatic rings. The van der Waals surface area contributed by atoms with Gasteiger partial charge in [-0.25, -0.2) is 4.79 Å². The number of carbonyl (C=O) groups excluding carboxylic acids is 2. The highest BCUT2D eigenvalue weighted by molar-refractivity contribution is 5.80. The van der Waals surface area contributed by atoms with Gasteiger partial charge < -0.3 is 9.80 Å². The van der Waals surface area contributed by atoms with Crippen LogP contribution in [0.15, 0.2) is 29.1 Å². The van der Waals surface area contributed by atoms with E-state index in [9.17, 15) is 14.4 Å². The van der Waals surface area contributed by atoms with Crippen molar-refractivity contribution in [2.45, 2.75) is 50.6 Å². The van der Waals surface area contributed by atoms with Crippen LogP contribution in [-0.4, -0.2) is 81.0 Å². The van der Waals surface area contributed by atoms with Crippen molar-refractivity contribution in [1.82, 2.24) is 23.8 Å². The SMILES string of the molecule is Cn1c(=O)n(C2CCN([C@H]3CCN(C(=O)CCN4CCCC4=O)C3)CC2)c2ccccc21. The van der Waals surface area contributed by atoms with Crippen LogP contribution in [0.5, 0.6) is 0 Å². The Hall–Kier alpha value is -2.61. The lowest BCUT2D eigenvalue weighted by Crippen LogP contribution is -2.45. The molecule has 8 nitrogen and oxygen atoms in total. The summed E-state index contributed by atoms with van der Waals surface area (Å²) in [5.41, 5.74) is 2.08. The summed E-state index contributed by atoms with van der Waals surface area (Å²) in [6.45, 7) is 4.85. The Kier molecular flexibility index (Phi) is 5.80. The summed E-state index contributed by atoms with van der Waals surface area (Å²) in [5.74, 6) is 0.356. The maximum Gasteiger partial charge on any atom is 0.329 e. The van der Waals surface area contributed by atoms with E-state index >= 15 is 0 Å². The largest absolute Gasteiger partial charge is 0.342 e. The third-order valence-electron chi connectivity index (χ3n) is 7.66. The van der Waals surface area contributed by atoms with Crippen LogP contribution in [0.2, 0.25) is 0 Å². The number of nitrogens with zero attached hydrogens (tertiary/aromatic N) is 5. The average Bonchev–Trinajstić information content (AvgIpc) is 3.52. The monoisotopic (exact) mass is 439 g/mol. The Morgan fingerprint density at radius 3 is 2.41 bits per heavy atom. The standard InChI is InChI=1S/C24H33N5O3/c1-25-20-5-2-3-6-21(20)29(24(25)32)18-8-13-26(14-9-18)19-10-15-28(17-19)23(31)11-16-27-12-4-7-22(27)30/h2-3,5-6,18-19H,4,7-17H2,1H3/t19-/m0/s1. The molecule has 0 unspecified atom stereocenters. The Balaban J connectivity index is 1.15. The summed E-state index contributed by atoms with van der Waals surface area (Å²) in [5, 5.41) is 0. The predicted molar refractivity (Wildman–Crippen MR) is 122 cm³/mol. The summed E-state index contributed by atoms with van der Waals surface area (Å²) in [7, 11) is 1.85. The number of imidazole rings is 1. The fourth-order valence-electron chi connectivity index (χ4n) is 5.78. The van der Waals surface area contributed by atoms with Crippen molar-refractivity contribution in [1.29, 1.82) is 0 Å². The van der Waals surface area contributed by atoms with Gasteiger partial charge in [-0.05, 0) is 37.8 Å². The van der Waals surface area contributed by atoms with Crippen LogP contribution in [0, 0.1) is 0 Å². The van der Waals surface area contributed by atoms with Crippen molar-refractivity contribution in [2.75, 3.05) is 39.3 Å². The predicted octanol–water partition coefficient (Wildman–Crippen LogP) is 1.59. The molecule has 0 spiro atoms. The van der Waals surface area contributed by atoms with Crippen LogP contribution in [0.1, 0.15) is 44.6 Å². The van der Waals surface area contributed by atoms with Crippen LogP contribution < -0.4 is 5.69 Å². The van der Waals surface area contributed by atoms with Gasteiger partial charge in [0.25, 0.3) is 0 Å². The van der Waals surface area contributed by atoms with Gasteiger partial charge in [-0.1, -0.05) is 12.1 Å². The van der Waals surface area contributed by atoms with Crippen molar-refractivity contribution in [3.05, 3.63) is 34.7 Å². The first-order valence-corrected chi connectivity index (χ1v) is 12.0. The first-order chi connectivity index (χ1) is 15.5. The molecule has 2 amide bonds. The topological polar surface area (TPSA) is 70.8 Å². The highest BCUT2D eigenvalue weighted by Crippen LogP contribution is 2.28. The molecule has 0 saturated carbocycles. The quantitative estimate of drug-likeness (QED) is 0.710. The third-order valence-corrected chi connectivity index (χ3v) is 7.66. The average molecular weight is 440 g/mol. The maximum atomic E-state index is 12.9. The third kappa shape index (κ3) is 3.85. The van der Waals surface area contributed by atoms with Crippen LogP contribution >= 0.6 is 0 Å². The van der Waals surface area contributed by atoms with Crippen molar-refractivity contribution in [2.24, 2.45) is 7.05 Å². The zero-order chi connectivity index (χ0) is 22.2. The number of aryl methyl sites for hydroxylation is 1. The Morgan fingerprint density at radius 1 is 0.969 bits per heavy atom. The number of likely N-dealkylation sites (tertiary alicyclic amines) is 3. The molecule has 32 heavy (non-hydrogen) atoms. The molecule has 3 fully saturated rings. The van der Waals surface area contributed by atoms with Crippen LogP contribution in [0.3, 0.4) is 0 Å². The minimum absolute atomic E-state index is 0.0683. The number of aromatic nitrogens is 2. The van der Waals surface area contributed by atoms with E-state index in [0.29, 0.717) is 25.4 Å². The molecule has 0 aliphatic carbocycles. The molecule has 3 saturated heterocycles. The van der Waals surface area contributed by atoms with Gasteiger partial charge in [0.15, 0.2) is 0 Å². The molecule has 1 atom stereocenters. The van der Waals surface area contributed by atoms with E-state index in [1.54, 1.807) is 4.57 Å². The molecule has 172 valence electrons. The number of amides is 2. The van der Waals surface area contributed by atoms with Gasteiger partial charge in [0, 0.05) is 71.2 Å². The molecule has 0 N–H and O–H groups in total. The van der Waals surface area contributed by atoms with Crippen molar-refractivity contribution in [3.8, 4) is 0 Å². The molecule has 1 aromatic carbocycles. The summed E-state index contributed by atoms with van der Waals surface area (Å²) < 4.78 is 3.73. The molecule has 1 aromatic heterocycles. The molecule has 2 aromatic rings. The van der Waals surface area contributed by atoms with E-state index in [1.165, 1.54) is 0 Å². The smallest absolute Gasteiger partial charge is 0.329 e. The number of benzene rings is 1. The summed E-state index contributed by atoms with van der Waals surface area (Å²) in [6.07, 6.45) is 4.89. The van der Waals surface area contributed by atoms with Crippen molar-refractivity contribution in [3.63, 3.8) is 0 Å². The van der Waals surface area contributed by atoms with Gasteiger partial charge in [-0.2, -0.15) is 0 Å². The second-order valence-electron chi connectivity index (χ2n) is 9.48. The molecular formula is C24H33N5O3. The molecule has 4 heterocycles. The first-order valence-electron chi connectivity index (χ1n) is 12.0. The van der Waals surface area contributed by atoms with Crippen LogP contribution in [0.4, 0.5) is 0 Å². The fraction of sp³-hybridized carbons (Fsp3) is 0.625. The molecule has 5 rings (SSSR count). The summed E-state index contributed by atoms with van der Waals surface area (Å²) in [4.78, 5) is 43.6. The zero-order valence-electron chi connectivity index (χ0n) is 18.9. The minimum Gasteiger partial charge on any atom is -0.342 e. The fourth-order valence-corrected chi connectivity index (χ4v) is 5.78. The van der Waals surface area contributed by atoms with Crippen LogP contribution in [-0.2, 0) is 16.6 Å². The van der Waals surface area contributed by atoms with Gasteiger partial charge in [0.05, 0.1) is 11.0 Å². The molecule has 0 radical (unpaired) electrons. The highest BCUT2D eigenvalue weighted by atomic mass is 16.2. The lowest BCUT2D eigenvalue weighted by Gasteiger charge is -2.36. The van der Waals surface area contributed by atoms with Gasteiger partial charge in [-0.3, -0.25) is 23.6 Å². The van der Waals surface area contributed by atoms with Crippen molar-refractivity contribution >= 4 is 22.8 Å². The Labute approximate surface area is 188 Å². The van der Waals surface area contributed by atoms with Gasteiger partial charge in [0.1, 0.15) is 0 Å². The summed E-state index contributed by atoms with van der Waals surface area (Å²) in [6, 6.07) is 8.65. The van der Waals surface area contributed by atoms with E-state index < -0.39 is 0 Å². The maximum absolute atomic E-state index is 12.9. The molecule has 8 heteroatoms. The lowest BCUT2D eigenvalue weighted by atomic mass is 10.0. The number of hydrogen-bond acceptors (Lipinski definition) is 4. The Morgan fingerprint density at radius 2 is 1.69 bits per heavy atom. The highest BCUT2D eigenvalue weighted by Gasteiger charge is 2.34. The molecule has 0 bridgehead atoms. The number of hydrogen-bond donors (Lipinski definition) is 0. The second-order valence-corrected chi connectivity index (χ2v) is 9.48.